The van der Waals surface area contributed by atoms with Gasteiger partial charge in [-0.2, -0.15) is 0 Å². The van der Waals surface area contributed by atoms with Crippen molar-refractivity contribution in [2.45, 2.75) is 51.6 Å². The van der Waals surface area contributed by atoms with E-state index in [1.165, 1.54) is 4.88 Å². The number of thiazole rings is 1. The van der Waals surface area contributed by atoms with Gasteiger partial charge in [-0.1, -0.05) is 6.92 Å². The molecule has 23 heavy (non-hydrogen) atoms. The highest BCUT2D eigenvalue weighted by molar-refractivity contribution is 7.11. The Morgan fingerprint density at radius 2 is 2.30 bits per heavy atom. The molecule has 2 heterocycles. The maximum absolute atomic E-state index is 12.0. The van der Waals surface area contributed by atoms with Crippen LogP contribution < -0.4 is 10.6 Å². The average Bonchev–Trinajstić information content (AvgIpc) is 3.12. The number of hydrogen-bond donors (Lipinski definition) is 2. The Kier molecular flexibility index (Phi) is 4.84. The monoisotopic (exact) mass is 336 g/mol. The number of carbonyl (C=O) groups excluding carboxylic acids is 2. The molecule has 0 spiro atoms. The summed E-state index contributed by atoms with van der Waals surface area (Å²) in [6.07, 6.45) is 5.66. The molecule has 7 heteroatoms. The predicted molar refractivity (Wildman–Crippen MR) is 89.3 cm³/mol. The molecular weight excluding hydrogens is 312 g/mol. The normalized spacial score (nSPS) is 22.3. The van der Waals surface area contributed by atoms with Crippen LogP contribution in [0.2, 0.25) is 0 Å². The second-order valence-corrected chi connectivity index (χ2v) is 7.59. The summed E-state index contributed by atoms with van der Waals surface area (Å²) in [5.74, 6) is 0.471. The third kappa shape index (κ3) is 4.02. The van der Waals surface area contributed by atoms with E-state index in [1.807, 2.05) is 18.0 Å². The summed E-state index contributed by atoms with van der Waals surface area (Å²) >= 11 is 1.63. The van der Waals surface area contributed by atoms with E-state index in [1.54, 1.807) is 11.3 Å². The molecule has 0 radical (unpaired) electrons. The fraction of sp³-hybridized carbons (Fsp3) is 0.688. The second kappa shape index (κ2) is 6.86. The Morgan fingerprint density at radius 1 is 1.52 bits per heavy atom. The van der Waals surface area contributed by atoms with E-state index >= 15 is 0 Å². The number of aromatic nitrogens is 1. The van der Waals surface area contributed by atoms with Crippen molar-refractivity contribution in [2.75, 3.05) is 13.1 Å². The first-order chi connectivity index (χ1) is 11.1. The van der Waals surface area contributed by atoms with Gasteiger partial charge in [-0.05, 0) is 26.2 Å². The number of nitrogens with one attached hydrogen (secondary N) is 2. The van der Waals surface area contributed by atoms with Gasteiger partial charge in [0, 0.05) is 42.5 Å². The third-order valence-electron chi connectivity index (χ3n) is 4.42. The Bertz CT molecular complexity index is 584. The lowest BCUT2D eigenvalue weighted by molar-refractivity contribution is -0.128. The van der Waals surface area contributed by atoms with Crippen molar-refractivity contribution in [3.8, 4) is 0 Å². The van der Waals surface area contributed by atoms with E-state index in [0.29, 0.717) is 19.0 Å². The lowest BCUT2D eigenvalue weighted by atomic mass is 10.1. The number of hydrogen-bond acceptors (Lipinski definition) is 4. The van der Waals surface area contributed by atoms with Crippen LogP contribution in [-0.2, 0) is 11.2 Å². The molecule has 3 amide bonds. The number of amides is 3. The second-order valence-electron chi connectivity index (χ2n) is 6.44. The molecule has 0 bridgehead atoms. The fourth-order valence-corrected chi connectivity index (χ4v) is 3.78. The van der Waals surface area contributed by atoms with E-state index in [0.717, 1.165) is 30.8 Å². The predicted octanol–water partition coefficient (Wildman–Crippen LogP) is 2.08. The molecule has 1 saturated heterocycles. The van der Waals surface area contributed by atoms with E-state index in [2.05, 4.69) is 22.5 Å². The SMILES string of the molecule is CCc1cnc([C@H](C)NC(=O)NC[C@@H]2CC(=O)N(C3CC3)C2)s1. The summed E-state index contributed by atoms with van der Waals surface area (Å²) in [5.41, 5.74) is 0. The van der Waals surface area contributed by atoms with Crippen LogP contribution in [0.4, 0.5) is 4.79 Å². The Morgan fingerprint density at radius 3 is 2.96 bits per heavy atom. The first-order valence-corrected chi connectivity index (χ1v) is 9.17. The van der Waals surface area contributed by atoms with Crippen LogP contribution in [0.25, 0.3) is 0 Å². The summed E-state index contributed by atoms with van der Waals surface area (Å²) in [5, 5.41) is 6.73. The zero-order chi connectivity index (χ0) is 16.4. The molecule has 126 valence electrons. The molecule has 2 N–H and O–H groups in total. The maximum Gasteiger partial charge on any atom is 0.315 e. The number of rotatable bonds is 6. The Labute approximate surface area is 140 Å². The standard InChI is InChI=1S/C16H24N4O2S/c1-3-13-8-17-15(23-13)10(2)19-16(22)18-7-11-6-14(21)20(9-11)12-4-5-12/h8,10-12H,3-7,9H2,1-2H3,(H2,18,19,22)/t10-,11-/m0/s1. The molecule has 0 unspecified atom stereocenters. The van der Waals surface area contributed by atoms with Crippen molar-refractivity contribution in [1.29, 1.82) is 0 Å². The molecule has 0 aromatic carbocycles. The molecule has 1 aliphatic carbocycles. The number of aryl methyl sites for hydroxylation is 1. The molecule has 2 atom stereocenters. The maximum atomic E-state index is 12.0. The number of nitrogens with zero attached hydrogens (tertiary/aromatic N) is 2. The van der Waals surface area contributed by atoms with Gasteiger partial charge in [0.05, 0.1) is 6.04 Å². The topological polar surface area (TPSA) is 74.3 Å². The smallest absolute Gasteiger partial charge is 0.315 e. The molecule has 1 aromatic heterocycles. The van der Waals surface area contributed by atoms with Crippen LogP contribution in [0.3, 0.4) is 0 Å². The highest BCUT2D eigenvalue weighted by atomic mass is 32.1. The van der Waals surface area contributed by atoms with Gasteiger partial charge in [-0.25, -0.2) is 9.78 Å². The minimum Gasteiger partial charge on any atom is -0.339 e. The van der Waals surface area contributed by atoms with Crippen molar-refractivity contribution in [3.63, 3.8) is 0 Å². The molecule has 1 aromatic rings. The molecule has 2 aliphatic rings. The number of urea groups is 1. The Balaban J connectivity index is 1.41. The summed E-state index contributed by atoms with van der Waals surface area (Å²) in [4.78, 5) is 31.5. The summed E-state index contributed by atoms with van der Waals surface area (Å²) in [6.45, 7) is 5.36. The van der Waals surface area contributed by atoms with E-state index in [-0.39, 0.29) is 23.9 Å². The average molecular weight is 336 g/mol. The molecule has 6 nitrogen and oxygen atoms in total. The van der Waals surface area contributed by atoms with Gasteiger partial charge in [0.25, 0.3) is 0 Å². The molecule has 1 saturated carbocycles. The molecule has 2 fully saturated rings. The zero-order valence-corrected chi connectivity index (χ0v) is 14.5. The fourth-order valence-electron chi connectivity index (χ4n) is 2.92. The Hall–Kier alpha value is -1.63. The van der Waals surface area contributed by atoms with Gasteiger partial charge in [0.1, 0.15) is 5.01 Å². The van der Waals surface area contributed by atoms with Gasteiger partial charge in [0.15, 0.2) is 0 Å². The van der Waals surface area contributed by atoms with E-state index in [9.17, 15) is 9.59 Å². The number of likely N-dealkylation sites (tertiary alicyclic amines) is 1. The summed E-state index contributed by atoms with van der Waals surface area (Å²) < 4.78 is 0. The van der Waals surface area contributed by atoms with Crippen LogP contribution in [0.1, 0.15) is 49.0 Å². The summed E-state index contributed by atoms with van der Waals surface area (Å²) in [6, 6.07) is 0.176. The minimum atomic E-state index is -0.192. The largest absolute Gasteiger partial charge is 0.339 e. The van der Waals surface area contributed by atoms with Crippen molar-refractivity contribution in [3.05, 3.63) is 16.1 Å². The third-order valence-corrected chi connectivity index (χ3v) is 5.74. The van der Waals surface area contributed by atoms with E-state index < -0.39 is 0 Å². The minimum absolute atomic E-state index is 0.103. The zero-order valence-electron chi connectivity index (χ0n) is 13.7. The van der Waals surface area contributed by atoms with E-state index in [4.69, 9.17) is 0 Å². The highest BCUT2D eigenvalue weighted by Gasteiger charge is 2.39. The van der Waals surface area contributed by atoms with Crippen LogP contribution in [-0.4, -0.2) is 41.0 Å². The van der Waals surface area contributed by atoms with Crippen LogP contribution >= 0.6 is 11.3 Å². The van der Waals surface area contributed by atoms with Gasteiger partial charge in [-0.3, -0.25) is 4.79 Å². The lowest BCUT2D eigenvalue weighted by Crippen LogP contribution is -2.40. The van der Waals surface area contributed by atoms with Crippen LogP contribution in [0.5, 0.6) is 0 Å². The number of carbonyl (C=O) groups is 2. The van der Waals surface area contributed by atoms with Gasteiger partial charge < -0.3 is 15.5 Å². The lowest BCUT2D eigenvalue weighted by Gasteiger charge is -2.16. The van der Waals surface area contributed by atoms with Crippen LogP contribution in [0, 0.1) is 5.92 Å². The van der Waals surface area contributed by atoms with Crippen molar-refractivity contribution < 1.29 is 9.59 Å². The first kappa shape index (κ1) is 16.2. The first-order valence-electron chi connectivity index (χ1n) is 8.35. The van der Waals surface area contributed by atoms with Crippen molar-refractivity contribution in [1.82, 2.24) is 20.5 Å². The van der Waals surface area contributed by atoms with Gasteiger partial charge in [-0.15, -0.1) is 11.3 Å². The molecule has 3 rings (SSSR count). The highest BCUT2D eigenvalue weighted by Crippen LogP contribution is 2.32. The molecule has 1 aliphatic heterocycles. The van der Waals surface area contributed by atoms with Crippen LogP contribution in [0.15, 0.2) is 6.20 Å². The molecular formula is C16H24N4O2S. The van der Waals surface area contributed by atoms with Crippen molar-refractivity contribution >= 4 is 23.3 Å². The van der Waals surface area contributed by atoms with Gasteiger partial charge in [0.2, 0.25) is 5.91 Å². The van der Waals surface area contributed by atoms with Gasteiger partial charge >= 0.3 is 6.03 Å². The van der Waals surface area contributed by atoms with Crippen molar-refractivity contribution in [2.24, 2.45) is 5.92 Å². The quantitative estimate of drug-likeness (QED) is 0.835. The summed E-state index contributed by atoms with van der Waals surface area (Å²) in [7, 11) is 0.